The summed E-state index contributed by atoms with van der Waals surface area (Å²) in [6.45, 7) is 6.37. The fraction of sp³-hybridized carbons (Fsp3) is 0.714. The fourth-order valence-corrected chi connectivity index (χ4v) is 1.43. The minimum atomic E-state index is -0.503. The largest absolute Gasteiger partial charge is 0.169 e. The second kappa shape index (κ2) is 5.07. The van der Waals surface area contributed by atoms with Crippen LogP contribution < -0.4 is 0 Å². The van der Waals surface area contributed by atoms with Gasteiger partial charge in [0.15, 0.2) is 8.11 Å². The zero-order valence-electron chi connectivity index (χ0n) is 6.37. The third kappa shape index (κ3) is 8.25. The molecule has 0 saturated heterocycles. The van der Waals surface area contributed by atoms with Crippen molar-refractivity contribution in [3.63, 3.8) is 0 Å². The first kappa shape index (κ1) is 9.25. The molecular formula is C7H14ClSi. The van der Waals surface area contributed by atoms with Crippen LogP contribution in [0, 0.1) is 0 Å². The van der Waals surface area contributed by atoms with Crippen LogP contribution in [0.25, 0.3) is 0 Å². The summed E-state index contributed by atoms with van der Waals surface area (Å²) in [6, 6.07) is 1.19. The maximum Gasteiger partial charge on any atom is 0.162 e. The van der Waals surface area contributed by atoms with Crippen LogP contribution in [0.2, 0.25) is 12.6 Å². The lowest BCUT2D eigenvalue weighted by molar-refractivity contribution is 1.16. The van der Waals surface area contributed by atoms with E-state index in [-0.39, 0.29) is 0 Å². The van der Waals surface area contributed by atoms with Crippen molar-refractivity contribution in [3.05, 3.63) is 11.6 Å². The third-order valence-corrected chi connectivity index (χ3v) is 2.59. The van der Waals surface area contributed by atoms with Crippen molar-refractivity contribution in [3.8, 4) is 0 Å². The molecule has 0 aromatic carbocycles. The molecule has 0 amide bonds. The molecule has 0 aliphatic carbocycles. The average Bonchev–Trinajstić information content (AvgIpc) is 1.63. The van der Waals surface area contributed by atoms with Gasteiger partial charge in [0.2, 0.25) is 0 Å². The minimum absolute atomic E-state index is 0.503. The number of hydrogen-bond acceptors (Lipinski definition) is 0. The van der Waals surface area contributed by atoms with E-state index in [4.69, 9.17) is 11.1 Å². The summed E-state index contributed by atoms with van der Waals surface area (Å²) in [6.07, 6.45) is 3.41. The van der Waals surface area contributed by atoms with Gasteiger partial charge in [-0.05, 0) is 26.3 Å². The van der Waals surface area contributed by atoms with Crippen molar-refractivity contribution in [2.45, 2.75) is 32.9 Å². The Balaban J connectivity index is 3.20. The molecule has 0 atom stereocenters. The first-order chi connectivity index (χ1) is 4.13. The number of halogens is 1. The van der Waals surface area contributed by atoms with E-state index in [1.165, 1.54) is 11.6 Å². The van der Waals surface area contributed by atoms with Crippen molar-refractivity contribution >= 4 is 19.2 Å². The van der Waals surface area contributed by atoms with Gasteiger partial charge >= 0.3 is 0 Å². The normalized spacial score (nSPS) is 9.89. The van der Waals surface area contributed by atoms with Gasteiger partial charge in [-0.25, -0.2) is 0 Å². The maximum absolute atomic E-state index is 5.83. The maximum atomic E-state index is 5.83. The summed E-state index contributed by atoms with van der Waals surface area (Å²) in [5.41, 5.74) is 1.40. The summed E-state index contributed by atoms with van der Waals surface area (Å²) in [4.78, 5) is 0. The SMILES string of the molecule is CC(C)=CCC[Si](C)Cl. The number of rotatable bonds is 3. The molecule has 2 heteroatoms. The van der Waals surface area contributed by atoms with Gasteiger partial charge in [0.05, 0.1) is 0 Å². The highest BCUT2D eigenvalue weighted by Gasteiger charge is 1.95. The van der Waals surface area contributed by atoms with E-state index >= 15 is 0 Å². The Hall–Kier alpha value is 0.247. The van der Waals surface area contributed by atoms with Crippen molar-refractivity contribution < 1.29 is 0 Å². The molecule has 0 heterocycles. The molecule has 0 N–H and O–H groups in total. The van der Waals surface area contributed by atoms with Crippen molar-refractivity contribution in [2.24, 2.45) is 0 Å². The highest BCUT2D eigenvalue weighted by atomic mass is 35.6. The predicted octanol–water partition coefficient (Wildman–Crippen LogP) is 3.20. The Morgan fingerprint density at radius 3 is 2.44 bits per heavy atom. The van der Waals surface area contributed by atoms with Crippen LogP contribution in [-0.2, 0) is 0 Å². The van der Waals surface area contributed by atoms with Crippen molar-refractivity contribution in [1.29, 1.82) is 0 Å². The van der Waals surface area contributed by atoms with Gasteiger partial charge in [-0.2, -0.15) is 11.1 Å². The predicted molar refractivity (Wildman–Crippen MR) is 46.3 cm³/mol. The fourth-order valence-electron chi connectivity index (χ4n) is 0.560. The Morgan fingerprint density at radius 1 is 1.56 bits per heavy atom. The molecule has 0 nitrogen and oxygen atoms in total. The lowest BCUT2D eigenvalue weighted by Crippen LogP contribution is -1.92. The first-order valence-corrected chi connectivity index (χ1v) is 6.46. The van der Waals surface area contributed by atoms with E-state index in [2.05, 4.69) is 26.5 Å². The summed E-state index contributed by atoms with van der Waals surface area (Å²) in [7, 11) is -0.503. The quantitative estimate of drug-likeness (QED) is 0.339. The summed E-state index contributed by atoms with van der Waals surface area (Å²) >= 11 is 5.83. The van der Waals surface area contributed by atoms with E-state index in [0.717, 1.165) is 6.42 Å². The average molecular weight is 162 g/mol. The molecule has 0 bridgehead atoms. The van der Waals surface area contributed by atoms with Gasteiger partial charge in [0, 0.05) is 0 Å². The second-order valence-electron chi connectivity index (χ2n) is 2.50. The summed E-state index contributed by atoms with van der Waals surface area (Å²) in [5.74, 6) is 0. The van der Waals surface area contributed by atoms with Crippen LogP contribution in [0.3, 0.4) is 0 Å². The molecule has 0 aliphatic heterocycles. The Bertz CT molecular complexity index is 93.1. The van der Waals surface area contributed by atoms with Gasteiger partial charge < -0.3 is 0 Å². The monoisotopic (exact) mass is 161 g/mol. The standard InChI is InChI=1S/C7H14ClSi/c1-7(2)5-4-6-9(3)8/h5H,4,6H2,1-3H3. The molecular weight excluding hydrogens is 148 g/mol. The molecule has 0 aromatic heterocycles. The Kier molecular flexibility index (Phi) is 5.20. The zero-order chi connectivity index (χ0) is 7.28. The smallest absolute Gasteiger partial charge is 0.162 e. The molecule has 0 aromatic rings. The summed E-state index contributed by atoms with van der Waals surface area (Å²) in [5, 5.41) is 0. The van der Waals surface area contributed by atoms with E-state index in [1.54, 1.807) is 0 Å². The van der Waals surface area contributed by atoms with Crippen LogP contribution in [0.5, 0.6) is 0 Å². The van der Waals surface area contributed by atoms with E-state index < -0.39 is 8.11 Å². The molecule has 1 radical (unpaired) electrons. The second-order valence-corrected chi connectivity index (χ2v) is 6.28. The molecule has 0 fully saturated rings. The molecule has 0 unspecified atom stereocenters. The number of hydrogen-bond donors (Lipinski definition) is 0. The van der Waals surface area contributed by atoms with Crippen LogP contribution in [0.4, 0.5) is 0 Å². The van der Waals surface area contributed by atoms with E-state index in [9.17, 15) is 0 Å². The Labute approximate surface area is 64.2 Å². The first-order valence-electron chi connectivity index (χ1n) is 3.24. The van der Waals surface area contributed by atoms with Gasteiger partial charge in [0.25, 0.3) is 0 Å². The molecule has 0 spiro atoms. The van der Waals surface area contributed by atoms with Crippen molar-refractivity contribution in [1.82, 2.24) is 0 Å². The molecule has 0 saturated carbocycles. The van der Waals surface area contributed by atoms with E-state index in [1.807, 2.05) is 0 Å². The van der Waals surface area contributed by atoms with Gasteiger partial charge in [-0.1, -0.05) is 18.2 Å². The topological polar surface area (TPSA) is 0 Å². The Morgan fingerprint density at radius 2 is 2.11 bits per heavy atom. The van der Waals surface area contributed by atoms with Crippen LogP contribution in [0.1, 0.15) is 20.3 Å². The van der Waals surface area contributed by atoms with Crippen LogP contribution in [0.15, 0.2) is 11.6 Å². The molecule has 0 rings (SSSR count). The molecule has 9 heavy (non-hydrogen) atoms. The van der Waals surface area contributed by atoms with Gasteiger partial charge in [-0.3, -0.25) is 0 Å². The minimum Gasteiger partial charge on any atom is -0.169 e. The summed E-state index contributed by atoms with van der Waals surface area (Å²) < 4.78 is 0. The molecule has 53 valence electrons. The van der Waals surface area contributed by atoms with Gasteiger partial charge in [0.1, 0.15) is 0 Å². The van der Waals surface area contributed by atoms with Crippen LogP contribution >= 0.6 is 11.1 Å². The van der Waals surface area contributed by atoms with Crippen molar-refractivity contribution in [2.75, 3.05) is 0 Å². The highest BCUT2D eigenvalue weighted by Crippen LogP contribution is 2.03. The van der Waals surface area contributed by atoms with Gasteiger partial charge in [-0.15, -0.1) is 0 Å². The molecule has 0 aliphatic rings. The number of allylic oxidation sites excluding steroid dienone is 2. The lowest BCUT2D eigenvalue weighted by Gasteiger charge is -1.94. The highest BCUT2D eigenvalue weighted by molar-refractivity contribution is 7.06. The van der Waals surface area contributed by atoms with E-state index in [0.29, 0.717) is 0 Å². The lowest BCUT2D eigenvalue weighted by atomic mass is 10.3. The zero-order valence-corrected chi connectivity index (χ0v) is 8.13. The van der Waals surface area contributed by atoms with Crippen LogP contribution in [-0.4, -0.2) is 8.11 Å². The third-order valence-electron chi connectivity index (χ3n) is 1.04.